The minimum absolute atomic E-state index is 0.310. The van der Waals surface area contributed by atoms with Gasteiger partial charge in [-0.1, -0.05) is 6.92 Å². The third kappa shape index (κ3) is 1.81. The fourth-order valence-electron chi connectivity index (χ4n) is 1.56. The Morgan fingerprint density at radius 3 is 2.56 bits per heavy atom. The third-order valence-electron chi connectivity index (χ3n) is 2.92. The molecule has 0 N–H and O–H groups in total. The lowest BCUT2D eigenvalue weighted by molar-refractivity contribution is -0.138. The van der Waals surface area contributed by atoms with E-state index < -0.39 is 22.9 Å². The molecule has 16 heavy (non-hydrogen) atoms. The van der Waals surface area contributed by atoms with E-state index in [0.717, 1.165) is 18.5 Å². The van der Waals surface area contributed by atoms with Gasteiger partial charge in [0, 0.05) is 23.4 Å². The molecule has 0 aliphatic heterocycles. The van der Waals surface area contributed by atoms with Gasteiger partial charge in [0.15, 0.2) is 5.78 Å². The zero-order valence-electron chi connectivity index (χ0n) is 8.64. The van der Waals surface area contributed by atoms with Crippen molar-refractivity contribution in [2.75, 3.05) is 0 Å². The number of halogens is 3. The highest BCUT2D eigenvalue weighted by Gasteiger charge is 2.47. The zero-order chi connectivity index (χ0) is 12.0. The number of nitrogens with zero attached hydrogens (tertiary/aromatic N) is 1. The minimum atomic E-state index is -4.50. The molecule has 1 saturated carbocycles. The van der Waals surface area contributed by atoms with Crippen LogP contribution in [0.2, 0.25) is 0 Å². The molecule has 0 radical (unpaired) electrons. The number of aromatic nitrogens is 1. The van der Waals surface area contributed by atoms with Gasteiger partial charge in [-0.15, -0.1) is 0 Å². The van der Waals surface area contributed by atoms with Gasteiger partial charge in [0.25, 0.3) is 0 Å². The highest BCUT2D eigenvalue weighted by molar-refractivity contribution is 6.03. The molecule has 0 bridgehead atoms. The Kier molecular flexibility index (Phi) is 2.29. The first kappa shape index (κ1) is 11.1. The van der Waals surface area contributed by atoms with Crippen LogP contribution in [0.3, 0.4) is 0 Å². The second-order valence-electron chi connectivity index (χ2n) is 4.31. The Labute approximate surface area is 90.5 Å². The van der Waals surface area contributed by atoms with E-state index in [0.29, 0.717) is 12.8 Å². The van der Waals surface area contributed by atoms with E-state index in [2.05, 4.69) is 4.98 Å². The summed E-state index contributed by atoms with van der Waals surface area (Å²) < 4.78 is 37.9. The molecule has 86 valence electrons. The van der Waals surface area contributed by atoms with E-state index in [1.165, 1.54) is 0 Å². The van der Waals surface area contributed by atoms with Gasteiger partial charge in [-0.2, -0.15) is 13.2 Å². The number of ketones is 1. The van der Waals surface area contributed by atoms with Gasteiger partial charge in [-0.05, 0) is 18.9 Å². The summed E-state index contributed by atoms with van der Waals surface area (Å²) in [6.45, 7) is 1.68. The van der Waals surface area contributed by atoms with Gasteiger partial charge in [0.2, 0.25) is 0 Å². The molecule has 1 aliphatic carbocycles. The molecule has 1 aromatic rings. The van der Waals surface area contributed by atoms with Crippen molar-refractivity contribution in [3.8, 4) is 0 Å². The summed E-state index contributed by atoms with van der Waals surface area (Å²) >= 11 is 0. The summed E-state index contributed by atoms with van der Waals surface area (Å²) in [7, 11) is 0. The Morgan fingerprint density at radius 2 is 2.06 bits per heavy atom. The highest BCUT2D eigenvalue weighted by Crippen LogP contribution is 2.48. The van der Waals surface area contributed by atoms with Crippen molar-refractivity contribution in [1.82, 2.24) is 4.98 Å². The van der Waals surface area contributed by atoms with Crippen molar-refractivity contribution >= 4 is 5.78 Å². The van der Waals surface area contributed by atoms with E-state index in [9.17, 15) is 18.0 Å². The van der Waals surface area contributed by atoms with Crippen LogP contribution in [0.25, 0.3) is 0 Å². The average Bonchev–Trinajstić information content (AvgIpc) is 2.95. The van der Waals surface area contributed by atoms with E-state index in [4.69, 9.17) is 0 Å². The summed E-state index contributed by atoms with van der Waals surface area (Å²) in [5, 5.41) is 0. The Balaban J connectivity index is 2.45. The molecule has 1 aliphatic rings. The quantitative estimate of drug-likeness (QED) is 0.729. The number of alkyl halides is 3. The lowest BCUT2D eigenvalue weighted by atomic mass is 9.94. The third-order valence-corrected chi connectivity index (χ3v) is 2.92. The van der Waals surface area contributed by atoms with Gasteiger partial charge in [0.1, 0.15) is 0 Å². The fraction of sp³-hybridized carbons (Fsp3) is 0.455. The highest BCUT2D eigenvalue weighted by atomic mass is 19.4. The van der Waals surface area contributed by atoms with E-state index in [1.54, 1.807) is 6.92 Å². The summed E-state index contributed by atoms with van der Waals surface area (Å²) in [6, 6.07) is 0.846. The second kappa shape index (κ2) is 3.30. The molecule has 0 atom stereocenters. The molecular formula is C11H10F3NO. The molecular weight excluding hydrogens is 219 g/mol. The van der Waals surface area contributed by atoms with Crippen LogP contribution in [-0.4, -0.2) is 10.8 Å². The maximum atomic E-state index is 12.6. The Hall–Kier alpha value is -1.39. The summed E-state index contributed by atoms with van der Waals surface area (Å²) in [5.41, 5.74) is -1.81. The first-order valence-electron chi connectivity index (χ1n) is 4.91. The summed E-state index contributed by atoms with van der Waals surface area (Å²) in [6.07, 6.45) is -1.14. The Morgan fingerprint density at radius 1 is 1.44 bits per heavy atom. The molecule has 0 unspecified atom stereocenters. The van der Waals surface area contributed by atoms with Gasteiger partial charge in [-0.3, -0.25) is 9.78 Å². The van der Waals surface area contributed by atoms with Crippen LogP contribution in [0.4, 0.5) is 13.2 Å². The number of Topliss-reactive ketones (excluding diaryl/α,β-unsaturated/α-hetero) is 1. The normalized spacial score (nSPS) is 18.2. The van der Waals surface area contributed by atoms with Crippen LogP contribution in [-0.2, 0) is 6.18 Å². The van der Waals surface area contributed by atoms with Gasteiger partial charge in [0.05, 0.1) is 5.56 Å². The summed E-state index contributed by atoms with van der Waals surface area (Å²) in [5.74, 6) is -0.451. The van der Waals surface area contributed by atoms with E-state index in [1.807, 2.05) is 0 Å². The molecule has 2 nitrogen and oxygen atoms in total. The Bertz CT molecular complexity index is 435. The van der Waals surface area contributed by atoms with Crippen LogP contribution in [0.1, 0.15) is 35.7 Å². The van der Waals surface area contributed by atoms with Crippen LogP contribution in [0.5, 0.6) is 0 Å². The fourth-order valence-corrected chi connectivity index (χ4v) is 1.56. The first-order chi connectivity index (χ1) is 7.34. The number of carbonyl (C=O) groups is 1. The van der Waals surface area contributed by atoms with Crippen molar-refractivity contribution in [2.45, 2.75) is 25.9 Å². The summed E-state index contributed by atoms with van der Waals surface area (Å²) in [4.78, 5) is 15.5. The average molecular weight is 229 g/mol. The van der Waals surface area contributed by atoms with Crippen molar-refractivity contribution in [1.29, 1.82) is 0 Å². The number of pyridine rings is 1. The number of hydrogen-bond acceptors (Lipinski definition) is 2. The molecule has 1 aromatic heterocycles. The zero-order valence-corrected chi connectivity index (χ0v) is 8.64. The second-order valence-corrected chi connectivity index (χ2v) is 4.31. The van der Waals surface area contributed by atoms with Crippen molar-refractivity contribution in [3.05, 3.63) is 29.6 Å². The maximum absolute atomic E-state index is 12.6. The van der Waals surface area contributed by atoms with E-state index in [-0.39, 0.29) is 5.56 Å². The molecule has 1 heterocycles. The van der Waals surface area contributed by atoms with Crippen LogP contribution in [0, 0.1) is 5.41 Å². The van der Waals surface area contributed by atoms with Crippen molar-refractivity contribution in [2.24, 2.45) is 5.41 Å². The lowest BCUT2D eigenvalue weighted by Gasteiger charge is -2.13. The molecule has 2 rings (SSSR count). The van der Waals surface area contributed by atoms with Gasteiger partial charge in [-0.25, -0.2) is 0 Å². The predicted octanol–water partition coefficient (Wildman–Crippen LogP) is 3.08. The molecule has 0 spiro atoms. The smallest absolute Gasteiger partial charge is 0.293 e. The standard InChI is InChI=1S/C11H10F3NO/c1-10(3-4-10)9(16)7-6-15-5-2-8(7)11(12,13)14/h2,5-6H,3-4H2,1H3. The van der Waals surface area contributed by atoms with Crippen molar-refractivity contribution < 1.29 is 18.0 Å². The SMILES string of the molecule is CC1(C(=O)c2cnccc2C(F)(F)F)CC1. The number of hydrogen-bond donors (Lipinski definition) is 0. The molecule has 5 heteroatoms. The maximum Gasteiger partial charge on any atom is 0.417 e. The minimum Gasteiger partial charge on any atom is -0.293 e. The largest absolute Gasteiger partial charge is 0.417 e. The first-order valence-corrected chi connectivity index (χ1v) is 4.91. The topological polar surface area (TPSA) is 30.0 Å². The van der Waals surface area contributed by atoms with Crippen LogP contribution < -0.4 is 0 Å². The molecule has 0 aromatic carbocycles. The monoisotopic (exact) mass is 229 g/mol. The van der Waals surface area contributed by atoms with E-state index >= 15 is 0 Å². The number of carbonyl (C=O) groups excluding carboxylic acids is 1. The van der Waals surface area contributed by atoms with Gasteiger partial charge >= 0.3 is 6.18 Å². The van der Waals surface area contributed by atoms with Gasteiger partial charge < -0.3 is 0 Å². The van der Waals surface area contributed by atoms with Crippen molar-refractivity contribution in [3.63, 3.8) is 0 Å². The van der Waals surface area contributed by atoms with Crippen LogP contribution >= 0.6 is 0 Å². The van der Waals surface area contributed by atoms with Crippen LogP contribution in [0.15, 0.2) is 18.5 Å². The molecule has 1 fully saturated rings. The number of rotatable bonds is 2. The molecule has 0 amide bonds. The lowest BCUT2D eigenvalue weighted by Crippen LogP contribution is -2.19. The predicted molar refractivity (Wildman–Crippen MR) is 50.9 cm³/mol. The molecule has 0 saturated heterocycles.